The Morgan fingerprint density at radius 2 is 2.19 bits per heavy atom. The zero-order valence-corrected chi connectivity index (χ0v) is 10.1. The monoisotopic (exact) mass is 259 g/mol. The van der Waals surface area contributed by atoms with Gasteiger partial charge in [-0.2, -0.15) is 18.4 Å². The van der Waals surface area contributed by atoms with Crippen LogP contribution in [0.3, 0.4) is 0 Å². The molecule has 0 radical (unpaired) electrons. The van der Waals surface area contributed by atoms with E-state index in [1.54, 1.807) is 6.92 Å². The van der Waals surface area contributed by atoms with Crippen LogP contribution in [0.4, 0.5) is 5.69 Å². The predicted molar refractivity (Wildman–Crippen MR) is 62.4 cm³/mol. The van der Waals surface area contributed by atoms with Gasteiger partial charge in [0.15, 0.2) is 0 Å². The fourth-order valence-corrected chi connectivity index (χ4v) is 2.24. The maximum atomic E-state index is 11.4. The molecule has 16 heavy (non-hydrogen) atoms. The average molecular weight is 260 g/mol. The van der Waals surface area contributed by atoms with Crippen molar-refractivity contribution in [3.05, 3.63) is 28.8 Å². The van der Waals surface area contributed by atoms with Crippen LogP contribution in [-0.2, 0) is 10.2 Å². The van der Waals surface area contributed by atoms with Gasteiger partial charge in [0, 0.05) is 6.54 Å². The Kier molecular flexibility index (Phi) is 4.12. The standard InChI is InChI=1S/C9H10ClN3O2S/c1-2-12-16(14,15)13-9-4-3-7(6-11)5-8(9)10/h3-5,12-13H,2H2,1H3. The summed E-state index contributed by atoms with van der Waals surface area (Å²) in [6.45, 7) is 1.95. The lowest BCUT2D eigenvalue weighted by molar-refractivity contribution is 0.589. The average Bonchev–Trinajstić information content (AvgIpc) is 2.20. The summed E-state index contributed by atoms with van der Waals surface area (Å²) in [5.41, 5.74) is 0.609. The largest absolute Gasteiger partial charge is 0.299 e. The minimum atomic E-state index is -3.59. The van der Waals surface area contributed by atoms with Crippen molar-refractivity contribution in [3.63, 3.8) is 0 Å². The molecule has 0 unspecified atom stereocenters. The molecule has 0 atom stereocenters. The lowest BCUT2D eigenvalue weighted by Gasteiger charge is -2.09. The van der Waals surface area contributed by atoms with Crippen molar-refractivity contribution in [2.24, 2.45) is 0 Å². The third kappa shape index (κ3) is 3.38. The second kappa shape index (κ2) is 5.16. The molecule has 0 heterocycles. The van der Waals surface area contributed by atoms with Crippen molar-refractivity contribution in [2.45, 2.75) is 6.92 Å². The van der Waals surface area contributed by atoms with Gasteiger partial charge in [-0.05, 0) is 18.2 Å². The molecule has 0 aromatic heterocycles. The summed E-state index contributed by atoms with van der Waals surface area (Å²) < 4.78 is 27.2. The summed E-state index contributed by atoms with van der Waals surface area (Å²) in [5, 5.41) is 8.79. The van der Waals surface area contributed by atoms with E-state index in [0.717, 1.165) is 0 Å². The number of halogens is 1. The Hall–Kier alpha value is -1.29. The van der Waals surface area contributed by atoms with Gasteiger partial charge in [0.2, 0.25) is 0 Å². The van der Waals surface area contributed by atoms with Crippen LogP contribution in [-0.4, -0.2) is 15.0 Å². The lowest BCUT2D eigenvalue weighted by atomic mass is 10.2. The molecule has 0 saturated carbocycles. The van der Waals surface area contributed by atoms with Crippen molar-refractivity contribution in [2.75, 3.05) is 11.3 Å². The van der Waals surface area contributed by atoms with Crippen LogP contribution >= 0.6 is 11.6 Å². The molecule has 1 aromatic carbocycles. The smallest absolute Gasteiger partial charge is 0.270 e. The van der Waals surface area contributed by atoms with Crippen molar-refractivity contribution in [1.82, 2.24) is 4.72 Å². The molecule has 1 aromatic rings. The number of nitrogens with zero attached hydrogens (tertiary/aromatic N) is 1. The molecule has 1 rings (SSSR count). The lowest BCUT2D eigenvalue weighted by Crippen LogP contribution is -2.29. The molecule has 0 fully saturated rings. The van der Waals surface area contributed by atoms with Crippen LogP contribution in [0.1, 0.15) is 12.5 Å². The quantitative estimate of drug-likeness (QED) is 0.859. The van der Waals surface area contributed by atoms with E-state index in [1.165, 1.54) is 18.2 Å². The number of hydrogen-bond donors (Lipinski definition) is 2. The molecule has 86 valence electrons. The molecule has 2 N–H and O–H groups in total. The molecule has 0 spiro atoms. The zero-order valence-electron chi connectivity index (χ0n) is 8.49. The third-order valence-corrected chi connectivity index (χ3v) is 3.15. The highest BCUT2D eigenvalue weighted by Crippen LogP contribution is 2.23. The number of nitriles is 1. The molecule has 0 amide bonds. The molecule has 0 aliphatic rings. The number of benzene rings is 1. The third-order valence-electron chi connectivity index (χ3n) is 1.68. The van der Waals surface area contributed by atoms with E-state index in [4.69, 9.17) is 16.9 Å². The van der Waals surface area contributed by atoms with Gasteiger partial charge in [-0.25, -0.2) is 0 Å². The number of hydrogen-bond acceptors (Lipinski definition) is 3. The minimum absolute atomic E-state index is 0.181. The van der Waals surface area contributed by atoms with Gasteiger partial charge in [0.1, 0.15) is 0 Å². The van der Waals surface area contributed by atoms with Gasteiger partial charge in [0.05, 0.1) is 22.3 Å². The molecule has 7 heteroatoms. The molecule has 5 nitrogen and oxygen atoms in total. The van der Waals surface area contributed by atoms with Crippen LogP contribution in [0, 0.1) is 11.3 Å². The highest BCUT2D eigenvalue weighted by molar-refractivity contribution is 7.90. The van der Waals surface area contributed by atoms with Crippen LogP contribution in [0.25, 0.3) is 0 Å². The zero-order chi connectivity index (χ0) is 12.2. The van der Waals surface area contributed by atoms with Crippen LogP contribution in [0.5, 0.6) is 0 Å². The van der Waals surface area contributed by atoms with E-state index in [0.29, 0.717) is 5.56 Å². The fourth-order valence-electron chi connectivity index (χ4n) is 1.04. The normalized spacial score (nSPS) is 10.8. The summed E-state index contributed by atoms with van der Waals surface area (Å²) in [4.78, 5) is 0. The van der Waals surface area contributed by atoms with Gasteiger partial charge in [-0.3, -0.25) is 4.72 Å². The molecule has 0 bridgehead atoms. The molecule has 0 aliphatic heterocycles. The Morgan fingerprint density at radius 1 is 1.50 bits per heavy atom. The van der Waals surface area contributed by atoms with E-state index in [2.05, 4.69) is 9.44 Å². The molecule has 0 saturated heterocycles. The highest BCUT2D eigenvalue weighted by atomic mass is 35.5. The van der Waals surface area contributed by atoms with E-state index < -0.39 is 10.2 Å². The summed E-state index contributed by atoms with van der Waals surface area (Å²) in [5.74, 6) is 0. The Labute approximate surface area is 99.2 Å². The van der Waals surface area contributed by atoms with E-state index in [-0.39, 0.29) is 17.3 Å². The predicted octanol–water partition coefficient (Wildman–Crippen LogP) is 1.48. The van der Waals surface area contributed by atoms with Crippen molar-refractivity contribution in [1.29, 1.82) is 5.26 Å². The first-order chi connectivity index (χ1) is 7.48. The van der Waals surface area contributed by atoms with E-state index >= 15 is 0 Å². The summed E-state index contributed by atoms with van der Waals surface area (Å²) in [6.07, 6.45) is 0. The van der Waals surface area contributed by atoms with Crippen LogP contribution in [0.15, 0.2) is 18.2 Å². The van der Waals surface area contributed by atoms with Crippen molar-refractivity contribution >= 4 is 27.5 Å². The summed E-state index contributed by atoms with van der Waals surface area (Å²) in [6, 6.07) is 6.22. The van der Waals surface area contributed by atoms with Gasteiger partial charge in [0.25, 0.3) is 10.2 Å². The van der Waals surface area contributed by atoms with Crippen LogP contribution < -0.4 is 9.44 Å². The van der Waals surface area contributed by atoms with Gasteiger partial charge in [-0.15, -0.1) is 0 Å². The Bertz CT molecular complexity index is 522. The van der Waals surface area contributed by atoms with Gasteiger partial charge >= 0.3 is 0 Å². The number of rotatable bonds is 4. The summed E-state index contributed by atoms with van der Waals surface area (Å²) in [7, 11) is -3.59. The number of nitrogens with one attached hydrogen (secondary N) is 2. The maximum absolute atomic E-state index is 11.4. The van der Waals surface area contributed by atoms with Gasteiger partial charge < -0.3 is 0 Å². The topological polar surface area (TPSA) is 82.0 Å². The molecular weight excluding hydrogens is 250 g/mol. The molecule has 0 aliphatic carbocycles. The van der Waals surface area contributed by atoms with Crippen molar-refractivity contribution in [3.8, 4) is 6.07 Å². The highest BCUT2D eigenvalue weighted by Gasteiger charge is 2.10. The van der Waals surface area contributed by atoms with Crippen LogP contribution in [0.2, 0.25) is 5.02 Å². The van der Waals surface area contributed by atoms with Gasteiger partial charge in [-0.1, -0.05) is 18.5 Å². The molecular formula is C9H10ClN3O2S. The maximum Gasteiger partial charge on any atom is 0.299 e. The first-order valence-corrected chi connectivity index (χ1v) is 6.31. The van der Waals surface area contributed by atoms with E-state index in [1.807, 2.05) is 6.07 Å². The second-order valence-corrected chi connectivity index (χ2v) is 4.82. The Morgan fingerprint density at radius 3 is 2.69 bits per heavy atom. The fraction of sp³-hybridized carbons (Fsp3) is 0.222. The Balaban J connectivity index is 2.96. The first-order valence-electron chi connectivity index (χ1n) is 4.45. The SMILES string of the molecule is CCNS(=O)(=O)Nc1ccc(C#N)cc1Cl. The second-order valence-electron chi connectivity index (χ2n) is 2.91. The summed E-state index contributed by atoms with van der Waals surface area (Å²) >= 11 is 5.81. The first kappa shape index (κ1) is 12.8. The minimum Gasteiger partial charge on any atom is -0.270 e. The van der Waals surface area contributed by atoms with E-state index in [9.17, 15) is 8.42 Å². The number of anilines is 1. The van der Waals surface area contributed by atoms with Crippen molar-refractivity contribution < 1.29 is 8.42 Å².